The van der Waals surface area contributed by atoms with Gasteiger partial charge in [0.2, 0.25) is 5.91 Å². The van der Waals surface area contributed by atoms with Crippen LogP contribution in [0.1, 0.15) is 32.3 Å². The fourth-order valence-corrected chi connectivity index (χ4v) is 1.59. The van der Waals surface area contributed by atoms with Crippen LogP contribution in [0.5, 0.6) is 0 Å². The summed E-state index contributed by atoms with van der Waals surface area (Å²) in [7, 11) is 0. The third-order valence-electron chi connectivity index (χ3n) is 2.69. The highest BCUT2D eigenvalue weighted by Gasteiger charge is 2.11. The van der Waals surface area contributed by atoms with Gasteiger partial charge in [-0.2, -0.15) is 0 Å². The Morgan fingerprint density at radius 3 is 2.72 bits per heavy atom. The lowest BCUT2D eigenvalue weighted by Crippen LogP contribution is -2.37. The third-order valence-corrected chi connectivity index (χ3v) is 2.69. The van der Waals surface area contributed by atoms with E-state index in [1.807, 2.05) is 19.1 Å². The Kier molecular flexibility index (Phi) is 5.26. The van der Waals surface area contributed by atoms with Gasteiger partial charge < -0.3 is 10.6 Å². The molecule has 1 amide bonds. The van der Waals surface area contributed by atoms with Gasteiger partial charge in [0.25, 0.3) is 0 Å². The number of hydrogen-bond donors (Lipinski definition) is 2. The van der Waals surface area contributed by atoms with Crippen LogP contribution in [-0.4, -0.2) is 18.5 Å². The van der Waals surface area contributed by atoms with Crippen LogP contribution in [0.2, 0.25) is 0 Å². The molecule has 3 nitrogen and oxygen atoms in total. The molecule has 0 aromatic heterocycles. The van der Waals surface area contributed by atoms with Gasteiger partial charge in [-0.25, -0.2) is 0 Å². The molecule has 1 aromatic rings. The summed E-state index contributed by atoms with van der Waals surface area (Å²) in [6, 6.07) is 7.79. The third kappa shape index (κ3) is 4.14. The van der Waals surface area contributed by atoms with Crippen molar-refractivity contribution in [2.45, 2.75) is 32.7 Å². The van der Waals surface area contributed by atoms with Crippen LogP contribution < -0.4 is 10.6 Å². The number of amides is 1. The first-order valence-electron chi connectivity index (χ1n) is 6.12. The molecule has 96 valence electrons. The number of nitrogens with one attached hydrogen (secondary N) is 2. The number of terminal acetylenes is 1. The van der Waals surface area contributed by atoms with Gasteiger partial charge in [-0.3, -0.25) is 4.79 Å². The van der Waals surface area contributed by atoms with Crippen LogP contribution in [-0.2, 0) is 4.79 Å². The van der Waals surface area contributed by atoms with Gasteiger partial charge in [-0.05, 0) is 30.5 Å². The maximum atomic E-state index is 11.7. The van der Waals surface area contributed by atoms with Crippen molar-refractivity contribution < 1.29 is 4.79 Å². The standard InChI is InChI=1S/C15H20N2O/c1-5-9-16-15(18)12(4)17-14-8-6-7-13(10-14)11(2)3/h1,6-8,10-12,17H,9H2,2-4H3,(H,16,18). The van der Waals surface area contributed by atoms with Gasteiger partial charge in [-0.15, -0.1) is 6.42 Å². The summed E-state index contributed by atoms with van der Waals surface area (Å²) in [5.74, 6) is 2.76. The lowest BCUT2D eigenvalue weighted by Gasteiger charge is -2.15. The zero-order valence-corrected chi connectivity index (χ0v) is 11.2. The van der Waals surface area contributed by atoms with Crippen molar-refractivity contribution in [2.75, 3.05) is 11.9 Å². The average Bonchev–Trinajstić information content (AvgIpc) is 2.36. The van der Waals surface area contributed by atoms with Crippen molar-refractivity contribution in [3.05, 3.63) is 29.8 Å². The Hall–Kier alpha value is -1.95. The minimum Gasteiger partial charge on any atom is -0.374 e. The van der Waals surface area contributed by atoms with Crippen LogP contribution in [0.15, 0.2) is 24.3 Å². The van der Waals surface area contributed by atoms with E-state index in [1.54, 1.807) is 0 Å². The molecule has 0 spiro atoms. The van der Waals surface area contributed by atoms with E-state index in [0.29, 0.717) is 5.92 Å². The largest absolute Gasteiger partial charge is 0.374 e. The molecule has 0 saturated heterocycles. The number of carbonyl (C=O) groups excluding carboxylic acids is 1. The topological polar surface area (TPSA) is 41.1 Å². The van der Waals surface area contributed by atoms with Crippen molar-refractivity contribution in [3.63, 3.8) is 0 Å². The maximum Gasteiger partial charge on any atom is 0.242 e. The number of rotatable bonds is 5. The summed E-state index contributed by atoms with van der Waals surface area (Å²) >= 11 is 0. The molecule has 18 heavy (non-hydrogen) atoms. The predicted molar refractivity (Wildman–Crippen MR) is 75.5 cm³/mol. The van der Waals surface area contributed by atoms with Crippen LogP contribution in [0, 0.1) is 12.3 Å². The van der Waals surface area contributed by atoms with E-state index in [9.17, 15) is 4.79 Å². The highest BCUT2D eigenvalue weighted by atomic mass is 16.2. The summed E-state index contributed by atoms with van der Waals surface area (Å²) in [6.07, 6.45) is 5.10. The molecule has 0 aliphatic carbocycles. The van der Waals surface area contributed by atoms with Crippen molar-refractivity contribution >= 4 is 11.6 Å². The second-order valence-corrected chi connectivity index (χ2v) is 4.57. The molecule has 0 heterocycles. The number of carbonyl (C=O) groups is 1. The van der Waals surface area contributed by atoms with Crippen LogP contribution in [0.25, 0.3) is 0 Å². The van der Waals surface area contributed by atoms with Crippen molar-refractivity contribution in [2.24, 2.45) is 0 Å². The number of anilines is 1. The monoisotopic (exact) mass is 244 g/mol. The Labute approximate surface area is 109 Å². The van der Waals surface area contributed by atoms with E-state index >= 15 is 0 Å². The highest BCUT2D eigenvalue weighted by molar-refractivity contribution is 5.84. The van der Waals surface area contributed by atoms with Gasteiger partial charge >= 0.3 is 0 Å². The Bertz CT molecular complexity index is 446. The quantitative estimate of drug-likeness (QED) is 0.781. The smallest absolute Gasteiger partial charge is 0.242 e. The van der Waals surface area contributed by atoms with E-state index < -0.39 is 0 Å². The van der Waals surface area contributed by atoms with Gasteiger partial charge in [0.15, 0.2) is 0 Å². The Morgan fingerprint density at radius 1 is 1.39 bits per heavy atom. The number of benzene rings is 1. The first kappa shape index (κ1) is 14.1. The molecule has 0 bridgehead atoms. The zero-order valence-electron chi connectivity index (χ0n) is 11.2. The average molecular weight is 244 g/mol. The molecule has 0 aliphatic rings. The molecule has 0 radical (unpaired) electrons. The normalized spacial score (nSPS) is 11.7. The first-order chi connectivity index (χ1) is 8.54. The molecule has 0 fully saturated rings. The summed E-state index contributed by atoms with van der Waals surface area (Å²) in [6.45, 7) is 6.36. The SMILES string of the molecule is C#CCNC(=O)C(C)Nc1cccc(C(C)C)c1. The van der Waals surface area contributed by atoms with Crippen molar-refractivity contribution in [3.8, 4) is 12.3 Å². The van der Waals surface area contributed by atoms with Gasteiger partial charge in [-0.1, -0.05) is 31.9 Å². The van der Waals surface area contributed by atoms with E-state index in [1.165, 1.54) is 5.56 Å². The summed E-state index contributed by atoms with van der Waals surface area (Å²) in [5, 5.41) is 5.82. The van der Waals surface area contributed by atoms with E-state index in [2.05, 4.69) is 42.5 Å². The van der Waals surface area contributed by atoms with Gasteiger partial charge in [0.05, 0.1) is 6.54 Å². The minimum atomic E-state index is -0.305. The first-order valence-corrected chi connectivity index (χ1v) is 6.12. The summed E-state index contributed by atoms with van der Waals surface area (Å²) in [5.41, 5.74) is 2.20. The van der Waals surface area contributed by atoms with E-state index in [-0.39, 0.29) is 18.5 Å². The van der Waals surface area contributed by atoms with Crippen LogP contribution in [0.3, 0.4) is 0 Å². The molecule has 2 N–H and O–H groups in total. The minimum absolute atomic E-state index is 0.0945. The Morgan fingerprint density at radius 2 is 2.11 bits per heavy atom. The molecule has 1 rings (SSSR count). The molecule has 1 aromatic carbocycles. The zero-order chi connectivity index (χ0) is 13.5. The molecule has 1 unspecified atom stereocenters. The maximum absolute atomic E-state index is 11.7. The molecule has 1 atom stereocenters. The summed E-state index contributed by atoms with van der Waals surface area (Å²) in [4.78, 5) is 11.7. The van der Waals surface area contributed by atoms with Gasteiger partial charge in [0.1, 0.15) is 6.04 Å². The van der Waals surface area contributed by atoms with Crippen molar-refractivity contribution in [1.29, 1.82) is 0 Å². The van der Waals surface area contributed by atoms with Crippen LogP contribution >= 0.6 is 0 Å². The van der Waals surface area contributed by atoms with Crippen molar-refractivity contribution in [1.82, 2.24) is 5.32 Å². The Balaban J connectivity index is 2.64. The predicted octanol–water partition coefficient (Wildman–Crippen LogP) is 2.36. The highest BCUT2D eigenvalue weighted by Crippen LogP contribution is 2.18. The summed E-state index contributed by atoms with van der Waals surface area (Å²) < 4.78 is 0. The fraction of sp³-hybridized carbons (Fsp3) is 0.400. The molecular weight excluding hydrogens is 224 g/mol. The lowest BCUT2D eigenvalue weighted by molar-refractivity contribution is -0.121. The molecule has 0 aliphatic heterocycles. The molecule has 3 heteroatoms. The van der Waals surface area contributed by atoms with Crippen LogP contribution in [0.4, 0.5) is 5.69 Å². The van der Waals surface area contributed by atoms with E-state index in [4.69, 9.17) is 6.42 Å². The van der Waals surface area contributed by atoms with Gasteiger partial charge in [0, 0.05) is 5.69 Å². The second kappa shape index (κ2) is 6.70. The lowest BCUT2D eigenvalue weighted by atomic mass is 10.0. The fourth-order valence-electron chi connectivity index (χ4n) is 1.59. The molecule has 0 saturated carbocycles. The molecular formula is C15H20N2O. The number of hydrogen-bond acceptors (Lipinski definition) is 2. The second-order valence-electron chi connectivity index (χ2n) is 4.57. The van der Waals surface area contributed by atoms with E-state index in [0.717, 1.165) is 5.69 Å².